The van der Waals surface area contributed by atoms with Gasteiger partial charge in [-0.1, -0.05) is 12.1 Å². The van der Waals surface area contributed by atoms with Crippen molar-refractivity contribution in [1.82, 2.24) is 4.90 Å². The van der Waals surface area contributed by atoms with E-state index in [1.54, 1.807) is 13.8 Å². The van der Waals surface area contributed by atoms with Crippen LogP contribution in [0.1, 0.15) is 24.8 Å². The number of likely N-dealkylation sites (N-methyl/N-ethyl adjacent to an activating group) is 1. The normalized spacial score (nSPS) is 12.3. The monoisotopic (exact) mass is 261 g/mol. The number of hydrogen-bond donors (Lipinski definition) is 0. The van der Waals surface area contributed by atoms with Crippen LogP contribution >= 0.6 is 11.6 Å². The molecular weight excluding hydrogens is 248 g/mol. The smallest absolute Gasteiger partial charge is 0.245 e. The Bertz CT molecular complexity index is 407. The maximum Gasteiger partial charge on any atom is 0.245 e. The Morgan fingerprint density at radius 2 is 1.94 bits per heavy atom. The zero-order chi connectivity index (χ0) is 13.0. The predicted octanol–water partition coefficient (Wildman–Crippen LogP) is 3.11. The molecule has 0 aliphatic rings. The number of hydrogen-bond acceptors (Lipinski definition) is 1. The first-order valence-electron chi connectivity index (χ1n) is 5.39. The number of carbonyl (C=O) groups excluding carboxylic acids is 1. The van der Waals surface area contributed by atoms with Crippen molar-refractivity contribution in [1.29, 1.82) is 0 Å². The molecule has 1 atom stereocenters. The summed E-state index contributed by atoms with van der Waals surface area (Å²) >= 11 is 5.89. The molecule has 0 N–H and O–H groups in total. The van der Waals surface area contributed by atoms with Crippen LogP contribution in [0.3, 0.4) is 0 Å². The van der Waals surface area contributed by atoms with Gasteiger partial charge in [-0.2, -0.15) is 0 Å². The van der Waals surface area contributed by atoms with E-state index in [1.165, 1.54) is 17.0 Å². The Kier molecular flexibility index (Phi) is 4.87. The lowest BCUT2D eigenvalue weighted by Crippen LogP contribution is -2.33. The number of halogens is 3. The Balaban J connectivity index is 3.00. The summed E-state index contributed by atoms with van der Waals surface area (Å²) in [4.78, 5) is 13.3. The Labute approximate surface area is 104 Å². The number of nitrogens with zero attached hydrogens (tertiary/aromatic N) is 1. The molecule has 0 fully saturated rings. The summed E-state index contributed by atoms with van der Waals surface area (Å²) in [7, 11) is 0. The molecule has 1 rings (SSSR count). The minimum absolute atomic E-state index is 0.122. The van der Waals surface area contributed by atoms with Crippen LogP contribution in [0.4, 0.5) is 8.78 Å². The van der Waals surface area contributed by atoms with Crippen molar-refractivity contribution in [3.8, 4) is 0 Å². The summed E-state index contributed by atoms with van der Waals surface area (Å²) in [6, 6.07) is 3.64. The fourth-order valence-corrected chi connectivity index (χ4v) is 1.85. The predicted molar refractivity (Wildman–Crippen MR) is 62.9 cm³/mol. The summed E-state index contributed by atoms with van der Waals surface area (Å²) in [6.07, 6.45) is 0. The van der Waals surface area contributed by atoms with E-state index in [1.807, 2.05) is 0 Å². The van der Waals surface area contributed by atoms with Crippen molar-refractivity contribution in [2.75, 3.05) is 13.1 Å². The van der Waals surface area contributed by atoms with Crippen molar-refractivity contribution < 1.29 is 13.6 Å². The third-order valence-corrected chi connectivity index (χ3v) is 2.97. The second-order valence-corrected chi connectivity index (χ2v) is 3.95. The molecular formula is C12H14ClF2NO. The number of rotatable bonds is 4. The first kappa shape index (κ1) is 13.9. The van der Waals surface area contributed by atoms with E-state index in [0.717, 1.165) is 6.07 Å². The number of amides is 1. The van der Waals surface area contributed by atoms with Crippen molar-refractivity contribution in [2.45, 2.75) is 19.2 Å². The summed E-state index contributed by atoms with van der Waals surface area (Å²) in [5.41, 5.74) is -0.122. The first-order chi connectivity index (χ1) is 8.02. The highest BCUT2D eigenvalue weighted by Crippen LogP contribution is 2.26. The molecule has 1 aromatic carbocycles. The molecule has 0 bridgehead atoms. The number of benzene rings is 1. The molecule has 1 aromatic rings. The Hall–Kier alpha value is -1.16. The van der Waals surface area contributed by atoms with Gasteiger partial charge in [-0.25, -0.2) is 8.78 Å². The van der Waals surface area contributed by atoms with Crippen LogP contribution < -0.4 is 0 Å². The number of alkyl halides is 1. The van der Waals surface area contributed by atoms with Gasteiger partial charge in [-0.3, -0.25) is 4.79 Å². The highest BCUT2D eigenvalue weighted by atomic mass is 35.5. The van der Waals surface area contributed by atoms with Crippen LogP contribution in [0.15, 0.2) is 18.2 Å². The fourth-order valence-electron chi connectivity index (χ4n) is 1.54. The minimum atomic E-state index is -1.19. The topological polar surface area (TPSA) is 20.3 Å². The van der Waals surface area contributed by atoms with Gasteiger partial charge in [0.2, 0.25) is 5.91 Å². The van der Waals surface area contributed by atoms with Crippen LogP contribution in [-0.2, 0) is 4.79 Å². The summed E-state index contributed by atoms with van der Waals surface area (Å²) in [5, 5.41) is -1.19. The lowest BCUT2D eigenvalue weighted by molar-refractivity contribution is -0.130. The second kappa shape index (κ2) is 5.96. The van der Waals surface area contributed by atoms with E-state index in [9.17, 15) is 13.6 Å². The van der Waals surface area contributed by atoms with Gasteiger partial charge in [0.05, 0.1) is 0 Å². The van der Waals surface area contributed by atoms with E-state index in [2.05, 4.69) is 0 Å². The van der Waals surface area contributed by atoms with Crippen LogP contribution in [0, 0.1) is 11.6 Å². The summed E-state index contributed by atoms with van der Waals surface area (Å²) in [6.45, 7) is 4.56. The van der Waals surface area contributed by atoms with E-state index in [0.29, 0.717) is 13.1 Å². The van der Waals surface area contributed by atoms with E-state index < -0.39 is 22.9 Å². The molecule has 94 valence electrons. The van der Waals surface area contributed by atoms with Crippen molar-refractivity contribution in [3.05, 3.63) is 35.4 Å². The minimum Gasteiger partial charge on any atom is -0.342 e. The van der Waals surface area contributed by atoms with Gasteiger partial charge in [0, 0.05) is 18.7 Å². The molecule has 1 unspecified atom stereocenters. The molecule has 0 heterocycles. The first-order valence-corrected chi connectivity index (χ1v) is 5.83. The van der Waals surface area contributed by atoms with E-state index in [-0.39, 0.29) is 5.56 Å². The summed E-state index contributed by atoms with van der Waals surface area (Å²) < 4.78 is 26.5. The Morgan fingerprint density at radius 1 is 1.35 bits per heavy atom. The number of carbonyl (C=O) groups is 1. The van der Waals surface area contributed by atoms with Crippen LogP contribution in [0.25, 0.3) is 0 Å². The van der Waals surface area contributed by atoms with Gasteiger partial charge in [-0.15, -0.1) is 11.6 Å². The van der Waals surface area contributed by atoms with Gasteiger partial charge >= 0.3 is 0 Å². The van der Waals surface area contributed by atoms with E-state index in [4.69, 9.17) is 11.6 Å². The van der Waals surface area contributed by atoms with Crippen molar-refractivity contribution in [3.63, 3.8) is 0 Å². The highest BCUT2D eigenvalue weighted by Gasteiger charge is 2.25. The third-order valence-electron chi connectivity index (χ3n) is 2.55. The molecule has 0 saturated carbocycles. The largest absolute Gasteiger partial charge is 0.342 e. The van der Waals surface area contributed by atoms with Crippen LogP contribution in [0.5, 0.6) is 0 Å². The fraction of sp³-hybridized carbons (Fsp3) is 0.417. The second-order valence-electron chi connectivity index (χ2n) is 3.52. The van der Waals surface area contributed by atoms with Gasteiger partial charge in [0.1, 0.15) is 5.38 Å². The lowest BCUT2D eigenvalue weighted by Gasteiger charge is -2.22. The molecule has 2 nitrogen and oxygen atoms in total. The highest BCUT2D eigenvalue weighted by molar-refractivity contribution is 6.30. The summed E-state index contributed by atoms with van der Waals surface area (Å²) in [5.74, 6) is -2.48. The molecule has 0 aliphatic carbocycles. The molecule has 17 heavy (non-hydrogen) atoms. The van der Waals surface area contributed by atoms with Gasteiger partial charge in [0.15, 0.2) is 11.6 Å². The van der Waals surface area contributed by atoms with Crippen LogP contribution in [-0.4, -0.2) is 23.9 Å². The SMILES string of the molecule is CCN(CC)C(=O)C(Cl)c1cccc(F)c1F. The molecule has 0 aliphatic heterocycles. The quantitative estimate of drug-likeness (QED) is 0.763. The maximum atomic E-state index is 13.5. The van der Waals surface area contributed by atoms with Gasteiger partial charge in [0.25, 0.3) is 0 Å². The maximum absolute atomic E-state index is 13.5. The average molecular weight is 262 g/mol. The zero-order valence-corrected chi connectivity index (χ0v) is 10.5. The lowest BCUT2D eigenvalue weighted by atomic mass is 10.1. The van der Waals surface area contributed by atoms with Crippen molar-refractivity contribution in [2.24, 2.45) is 0 Å². The third kappa shape index (κ3) is 2.94. The zero-order valence-electron chi connectivity index (χ0n) is 9.71. The standard InChI is InChI=1S/C12H14ClF2NO/c1-3-16(4-2)12(17)10(13)8-6-5-7-9(14)11(8)15/h5-7,10H,3-4H2,1-2H3. The molecule has 0 spiro atoms. The van der Waals surface area contributed by atoms with E-state index >= 15 is 0 Å². The molecule has 1 amide bonds. The molecule has 5 heteroatoms. The average Bonchev–Trinajstić information content (AvgIpc) is 2.33. The van der Waals surface area contributed by atoms with Crippen LogP contribution in [0.2, 0.25) is 0 Å². The van der Waals surface area contributed by atoms with Crippen molar-refractivity contribution >= 4 is 17.5 Å². The molecule has 0 aromatic heterocycles. The van der Waals surface area contributed by atoms with Gasteiger partial charge in [-0.05, 0) is 19.9 Å². The molecule has 0 saturated heterocycles. The van der Waals surface area contributed by atoms with Gasteiger partial charge < -0.3 is 4.90 Å². The Morgan fingerprint density at radius 3 is 2.47 bits per heavy atom. The molecule has 0 radical (unpaired) electrons.